The third-order valence-corrected chi connectivity index (χ3v) is 9.44. The summed E-state index contributed by atoms with van der Waals surface area (Å²) in [5.74, 6) is 4.12. The van der Waals surface area contributed by atoms with Crippen LogP contribution in [0.2, 0.25) is 0 Å². The first kappa shape index (κ1) is 26.8. The average Bonchev–Trinajstić information content (AvgIpc) is 3.39. The standard InChI is InChI=1S/C31H39N9O2/c1-41-26-17-24-25(18-27(26)42-2)33-19-34-29(24)40-30(32)36-31(37-40)35-22-9-11-23(12-10-22)38-13-15-39(16-14-38)28-20-5-3-6-21(28)8-4-7-20/h9-12,17-21,28H,3-8,13-16H2,1-2H3,(H3,32,35,36,37). The molecule has 11 heteroatoms. The van der Waals surface area contributed by atoms with E-state index in [1.54, 1.807) is 20.3 Å². The molecule has 220 valence electrons. The highest BCUT2D eigenvalue weighted by atomic mass is 16.5. The van der Waals surface area contributed by atoms with E-state index in [9.17, 15) is 0 Å². The molecule has 0 unspecified atom stereocenters. The molecule has 3 aliphatic rings. The maximum Gasteiger partial charge on any atom is 0.248 e. The van der Waals surface area contributed by atoms with Gasteiger partial charge >= 0.3 is 0 Å². The van der Waals surface area contributed by atoms with Crippen LogP contribution in [0.25, 0.3) is 16.7 Å². The summed E-state index contributed by atoms with van der Waals surface area (Å²) in [5.41, 5.74) is 9.11. The van der Waals surface area contributed by atoms with Crippen LogP contribution < -0.4 is 25.4 Å². The quantitative estimate of drug-likeness (QED) is 0.326. The minimum Gasteiger partial charge on any atom is -0.493 e. The number of nitrogens with one attached hydrogen (secondary N) is 1. The van der Waals surface area contributed by atoms with Crippen molar-refractivity contribution in [2.24, 2.45) is 11.8 Å². The zero-order valence-electron chi connectivity index (χ0n) is 24.4. The number of nitrogens with two attached hydrogens (primary N) is 1. The summed E-state index contributed by atoms with van der Waals surface area (Å²) >= 11 is 0. The number of fused-ring (bicyclic) bond motifs is 3. The summed E-state index contributed by atoms with van der Waals surface area (Å²) in [6, 6.07) is 12.9. The van der Waals surface area contributed by atoms with E-state index in [1.807, 2.05) is 6.07 Å². The predicted molar refractivity (Wildman–Crippen MR) is 164 cm³/mol. The number of nitrogen functional groups attached to an aromatic ring is 1. The van der Waals surface area contributed by atoms with Crippen LogP contribution in [0.3, 0.4) is 0 Å². The smallest absolute Gasteiger partial charge is 0.248 e. The lowest BCUT2D eigenvalue weighted by Crippen LogP contribution is -2.56. The van der Waals surface area contributed by atoms with Crippen molar-refractivity contribution in [1.29, 1.82) is 0 Å². The number of aromatic nitrogens is 5. The first-order valence-corrected chi connectivity index (χ1v) is 15.1. The van der Waals surface area contributed by atoms with E-state index in [0.717, 1.165) is 55.1 Å². The van der Waals surface area contributed by atoms with Crippen molar-refractivity contribution < 1.29 is 9.47 Å². The van der Waals surface area contributed by atoms with Crippen LogP contribution in [0.15, 0.2) is 42.7 Å². The van der Waals surface area contributed by atoms with Gasteiger partial charge in [0.25, 0.3) is 0 Å². The van der Waals surface area contributed by atoms with Crippen LogP contribution in [0.1, 0.15) is 38.5 Å². The molecule has 11 nitrogen and oxygen atoms in total. The van der Waals surface area contributed by atoms with Crippen molar-refractivity contribution in [3.8, 4) is 17.3 Å². The summed E-state index contributed by atoms with van der Waals surface area (Å²) in [6.45, 7) is 4.48. The van der Waals surface area contributed by atoms with E-state index in [0.29, 0.717) is 28.8 Å². The SMILES string of the molecule is COc1cc2ncnc(-n3nc(Nc4ccc(N5CCN(C6C7CCCC6CCC7)CC5)cc4)nc3N)c2cc1OC. The van der Waals surface area contributed by atoms with Crippen molar-refractivity contribution in [2.75, 3.05) is 56.3 Å². The van der Waals surface area contributed by atoms with Crippen molar-refractivity contribution in [1.82, 2.24) is 29.6 Å². The Morgan fingerprint density at radius 1 is 0.857 bits per heavy atom. The number of methoxy groups -OCH3 is 2. The first-order valence-electron chi connectivity index (χ1n) is 15.1. The Morgan fingerprint density at radius 3 is 2.19 bits per heavy atom. The van der Waals surface area contributed by atoms with Crippen molar-refractivity contribution >= 4 is 34.2 Å². The Balaban J connectivity index is 1.03. The zero-order valence-corrected chi connectivity index (χ0v) is 24.4. The number of hydrogen-bond acceptors (Lipinski definition) is 10. The molecule has 0 atom stereocenters. The Labute approximate surface area is 246 Å². The van der Waals surface area contributed by atoms with Crippen molar-refractivity contribution in [3.63, 3.8) is 0 Å². The summed E-state index contributed by atoms with van der Waals surface area (Å²) in [4.78, 5) is 18.6. The number of hydrogen-bond donors (Lipinski definition) is 2. The maximum absolute atomic E-state index is 6.28. The molecule has 0 amide bonds. The fourth-order valence-electron chi connectivity index (χ4n) is 7.47. The van der Waals surface area contributed by atoms with Gasteiger partial charge in [0.05, 0.1) is 19.7 Å². The fourth-order valence-corrected chi connectivity index (χ4v) is 7.47. The number of ether oxygens (including phenoxy) is 2. The van der Waals surface area contributed by atoms with Crippen LogP contribution in [0.5, 0.6) is 11.5 Å². The molecule has 4 aromatic rings. The lowest BCUT2D eigenvalue weighted by molar-refractivity contribution is 0.0181. The molecule has 2 aromatic carbocycles. The monoisotopic (exact) mass is 569 g/mol. The normalized spacial score (nSPS) is 22.7. The minimum atomic E-state index is 0.212. The van der Waals surface area contributed by atoms with Crippen LogP contribution in [-0.2, 0) is 0 Å². The van der Waals surface area contributed by atoms with E-state index < -0.39 is 0 Å². The molecule has 1 aliphatic heterocycles. The van der Waals surface area contributed by atoms with E-state index in [4.69, 9.17) is 15.2 Å². The summed E-state index contributed by atoms with van der Waals surface area (Å²) < 4.78 is 12.4. The zero-order chi connectivity index (χ0) is 28.6. The first-order chi connectivity index (χ1) is 20.6. The van der Waals surface area contributed by atoms with Gasteiger partial charge in [-0.25, -0.2) is 9.97 Å². The Bertz CT molecular complexity index is 1530. The number of rotatable bonds is 7. The van der Waals surface area contributed by atoms with Gasteiger partial charge in [-0.05, 0) is 67.9 Å². The molecular formula is C31H39N9O2. The molecule has 3 heterocycles. The van der Waals surface area contributed by atoms with E-state index in [1.165, 1.54) is 55.2 Å². The second-order valence-electron chi connectivity index (χ2n) is 11.7. The molecule has 0 spiro atoms. The molecule has 3 N–H and O–H groups in total. The lowest BCUT2D eigenvalue weighted by Gasteiger charge is -2.50. The van der Waals surface area contributed by atoms with Gasteiger partial charge in [0.2, 0.25) is 11.9 Å². The number of anilines is 4. The third-order valence-electron chi connectivity index (χ3n) is 9.44. The largest absolute Gasteiger partial charge is 0.493 e. The molecule has 3 fully saturated rings. The minimum absolute atomic E-state index is 0.212. The highest BCUT2D eigenvalue weighted by Gasteiger charge is 2.40. The van der Waals surface area contributed by atoms with Crippen LogP contribution >= 0.6 is 0 Å². The van der Waals surface area contributed by atoms with E-state index in [2.05, 4.69) is 59.4 Å². The second-order valence-corrected chi connectivity index (χ2v) is 11.7. The molecule has 2 bridgehead atoms. The van der Waals surface area contributed by atoms with Gasteiger partial charge in [-0.3, -0.25) is 4.90 Å². The van der Waals surface area contributed by atoms with Crippen molar-refractivity contribution in [3.05, 3.63) is 42.7 Å². The van der Waals surface area contributed by atoms with E-state index in [-0.39, 0.29) is 5.95 Å². The van der Waals surface area contributed by atoms with Crippen LogP contribution in [0, 0.1) is 11.8 Å². The molecule has 42 heavy (non-hydrogen) atoms. The van der Waals surface area contributed by atoms with Gasteiger partial charge in [0.15, 0.2) is 17.3 Å². The Kier molecular flexibility index (Phi) is 7.19. The fraction of sp³-hybridized carbons (Fsp3) is 0.484. The Hall–Kier alpha value is -4.12. The number of benzene rings is 2. The van der Waals surface area contributed by atoms with Crippen molar-refractivity contribution in [2.45, 2.75) is 44.6 Å². The number of nitrogens with zero attached hydrogens (tertiary/aromatic N) is 7. The topological polar surface area (TPSA) is 119 Å². The lowest BCUT2D eigenvalue weighted by atomic mass is 9.68. The molecule has 7 rings (SSSR count). The summed E-state index contributed by atoms with van der Waals surface area (Å²) in [5, 5.41) is 8.61. The molecular weight excluding hydrogens is 530 g/mol. The van der Waals surface area contributed by atoms with Gasteiger partial charge in [-0.15, -0.1) is 5.10 Å². The second kappa shape index (κ2) is 11.3. The third kappa shape index (κ3) is 4.95. The van der Waals surface area contributed by atoms with Gasteiger partial charge in [-0.2, -0.15) is 9.67 Å². The van der Waals surface area contributed by atoms with Gasteiger partial charge < -0.3 is 25.4 Å². The highest BCUT2D eigenvalue weighted by molar-refractivity contribution is 5.88. The van der Waals surface area contributed by atoms with Gasteiger partial charge in [-0.1, -0.05) is 12.8 Å². The van der Waals surface area contributed by atoms with E-state index >= 15 is 0 Å². The summed E-state index contributed by atoms with van der Waals surface area (Å²) in [6.07, 6.45) is 10.1. The Morgan fingerprint density at radius 2 is 1.52 bits per heavy atom. The summed E-state index contributed by atoms with van der Waals surface area (Å²) in [7, 11) is 3.18. The molecule has 2 aliphatic carbocycles. The predicted octanol–water partition coefficient (Wildman–Crippen LogP) is 4.64. The van der Waals surface area contributed by atoms with Gasteiger partial charge in [0, 0.05) is 55.0 Å². The highest BCUT2D eigenvalue weighted by Crippen LogP contribution is 2.43. The average molecular weight is 570 g/mol. The maximum atomic E-state index is 6.28. The molecule has 1 saturated heterocycles. The molecule has 2 aromatic heterocycles. The van der Waals surface area contributed by atoms with Crippen LogP contribution in [0.4, 0.5) is 23.3 Å². The molecule has 0 radical (unpaired) electrons. The molecule has 2 saturated carbocycles. The number of piperazine rings is 1. The van der Waals surface area contributed by atoms with Gasteiger partial charge in [0.1, 0.15) is 6.33 Å². The van der Waals surface area contributed by atoms with Crippen LogP contribution in [-0.4, -0.2) is 76.1 Å².